The van der Waals surface area contributed by atoms with Gasteiger partial charge in [0.25, 0.3) is 0 Å². The number of aryl methyl sites for hydroxylation is 2. The molecule has 19 heavy (non-hydrogen) atoms. The molecule has 2 heterocycles. The van der Waals surface area contributed by atoms with Crippen LogP contribution in [0.1, 0.15) is 28.9 Å². The molecule has 0 saturated carbocycles. The van der Waals surface area contributed by atoms with E-state index in [0.29, 0.717) is 11.6 Å². The third-order valence-electron chi connectivity index (χ3n) is 2.40. The highest BCUT2D eigenvalue weighted by Crippen LogP contribution is 2.14. The number of ether oxygens (including phenoxy) is 1. The summed E-state index contributed by atoms with van der Waals surface area (Å²) >= 11 is 0. The molecule has 0 bridgehead atoms. The van der Waals surface area contributed by atoms with E-state index in [9.17, 15) is 4.79 Å². The molecule has 2 N–H and O–H groups in total. The van der Waals surface area contributed by atoms with Gasteiger partial charge in [-0.1, -0.05) is 0 Å². The van der Waals surface area contributed by atoms with Crippen molar-refractivity contribution in [2.75, 3.05) is 12.3 Å². The number of hydrogen-bond acceptors (Lipinski definition) is 6. The van der Waals surface area contributed by atoms with Crippen LogP contribution in [-0.2, 0) is 4.74 Å². The topological polar surface area (TPSA) is 95.9 Å². The number of anilines is 1. The number of nitrogens with zero attached hydrogens (tertiary/aromatic N) is 4. The van der Waals surface area contributed by atoms with Crippen molar-refractivity contribution in [2.45, 2.75) is 20.8 Å². The van der Waals surface area contributed by atoms with Gasteiger partial charge in [0.1, 0.15) is 5.82 Å². The van der Waals surface area contributed by atoms with Gasteiger partial charge in [0.05, 0.1) is 18.5 Å². The van der Waals surface area contributed by atoms with Gasteiger partial charge in [-0.05, 0) is 20.8 Å². The van der Waals surface area contributed by atoms with E-state index in [1.807, 2.05) is 6.92 Å². The van der Waals surface area contributed by atoms with Crippen molar-refractivity contribution in [1.29, 1.82) is 0 Å². The SMILES string of the molecule is CCOC(=O)c1nn(-c2cc(C)nc(C)n2)cc1N. The number of nitrogens with two attached hydrogens (primary N) is 1. The van der Waals surface area contributed by atoms with Crippen molar-refractivity contribution >= 4 is 11.7 Å². The van der Waals surface area contributed by atoms with Crippen molar-refractivity contribution in [2.24, 2.45) is 0 Å². The summed E-state index contributed by atoms with van der Waals surface area (Å²) in [5.41, 5.74) is 6.92. The van der Waals surface area contributed by atoms with Crippen molar-refractivity contribution in [3.63, 3.8) is 0 Å². The predicted octanol–water partition coefficient (Wildman–Crippen LogP) is 1.04. The Kier molecular flexibility index (Phi) is 3.46. The first-order chi connectivity index (χ1) is 9.01. The Hall–Kier alpha value is -2.44. The van der Waals surface area contributed by atoms with Gasteiger partial charge in [0.2, 0.25) is 0 Å². The molecule has 0 spiro atoms. The fraction of sp³-hybridized carbons (Fsp3) is 0.333. The van der Waals surface area contributed by atoms with Crippen LogP contribution in [0, 0.1) is 13.8 Å². The minimum absolute atomic E-state index is 0.0933. The molecule has 7 heteroatoms. The Balaban J connectivity index is 2.41. The smallest absolute Gasteiger partial charge is 0.361 e. The maximum atomic E-state index is 11.6. The van der Waals surface area contributed by atoms with Gasteiger partial charge in [-0.25, -0.2) is 19.4 Å². The summed E-state index contributed by atoms with van der Waals surface area (Å²) in [4.78, 5) is 20.1. The lowest BCUT2D eigenvalue weighted by atomic mass is 10.4. The molecule has 0 radical (unpaired) electrons. The van der Waals surface area contributed by atoms with E-state index in [0.717, 1.165) is 5.69 Å². The molecule has 2 aromatic heterocycles. The lowest BCUT2D eigenvalue weighted by molar-refractivity contribution is 0.0520. The zero-order chi connectivity index (χ0) is 14.0. The van der Waals surface area contributed by atoms with Crippen molar-refractivity contribution in [3.05, 3.63) is 29.5 Å². The molecular formula is C12H15N5O2. The van der Waals surface area contributed by atoms with Gasteiger partial charge < -0.3 is 10.5 Å². The molecular weight excluding hydrogens is 246 g/mol. The number of hydrogen-bond donors (Lipinski definition) is 1. The van der Waals surface area contributed by atoms with Crippen LogP contribution in [0.2, 0.25) is 0 Å². The van der Waals surface area contributed by atoms with Crippen molar-refractivity contribution < 1.29 is 9.53 Å². The summed E-state index contributed by atoms with van der Waals surface area (Å²) in [6, 6.07) is 1.76. The predicted molar refractivity (Wildman–Crippen MR) is 69.0 cm³/mol. The van der Waals surface area contributed by atoms with Gasteiger partial charge in [0, 0.05) is 11.8 Å². The maximum Gasteiger partial charge on any atom is 0.361 e. The highest BCUT2D eigenvalue weighted by Gasteiger charge is 2.17. The van der Waals surface area contributed by atoms with Crippen LogP contribution in [-0.4, -0.2) is 32.3 Å². The Labute approximate surface area is 110 Å². The van der Waals surface area contributed by atoms with Gasteiger partial charge in [-0.3, -0.25) is 0 Å². The van der Waals surface area contributed by atoms with E-state index in [-0.39, 0.29) is 18.0 Å². The Morgan fingerprint density at radius 1 is 1.42 bits per heavy atom. The van der Waals surface area contributed by atoms with Crippen LogP contribution in [0.15, 0.2) is 12.3 Å². The van der Waals surface area contributed by atoms with E-state index in [2.05, 4.69) is 15.1 Å². The fourth-order valence-corrected chi connectivity index (χ4v) is 1.68. The van der Waals surface area contributed by atoms with Gasteiger partial charge >= 0.3 is 5.97 Å². The van der Waals surface area contributed by atoms with E-state index in [1.54, 1.807) is 19.9 Å². The summed E-state index contributed by atoms with van der Waals surface area (Å²) in [6.07, 6.45) is 1.54. The molecule has 100 valence electrons. The molecule has 0 aliphatic carbocycles. The number of aromatic nitrogens is 4. The highest BCUT2D eigenvalue weighted by atomic mass is 16.5. The van der Waals surface area contributed by atoms with Crippen molar-refractivity contribution in [3.8, 4) is 5.82 Å². The zero-order valence-corrected chi connectivity index (χ0v) is 11.0. The van der Waals surface area contributed by atoms with Gasteiger partial charge in [0.15, 0.2) is 11.5 Å². The average molecular weight is 261 g/mol. The number of nitrogen functional groups attached to an aromatic ring is 1. The maximum absolute atomic E-state index is 11.6. The molecule has 2 rings (SSSR count). The third-order valence-corrected chi connectivity index (χ3v) is 2.40. The molecule has 0 aliphatic rings. The molecule has 0 unspecified atom stereocenters. The van der Waals surface area contributed by atoms with Crippen LogP contribution < -0.4 is 5.73 Å². The minimum atomic E-state index is -0.541. The van der Waals surface area contributed by atoms with Gasteiger partial charge in [-0.2, -0.15) is 5.10 Å². The first kappa shape index (κ1) is 13.0. The molecule has 0 saturated heterocycles. The number of carbonyl (C=O) groups excluding carboxylic acids is 1. The Morgan fingerprint density at radius 3 is 2.79 bits per heavy atom. The number of rotatable bonds is 3. The summed E-state index contributed by atoms with van der Waals surface area (Å²) in [5.74, 6) is 0.648. The molecule has 2 aromatic rings. The fourth-order valence-electron chi connectivity index (χ4n) is 1.68. The Morgan fingerprint density at radius 2 is 2.16 bits per heavy atom. The molecule has 0 aliphatic heterocycles. The summed E-state index contributed by atoms with van der Waals surface area (Å²) in [6.45, 7) is 5.64. The second-order valence-corrected chi connectivity index (χ2v) is 4.01. The van der Waals surface area contributed by atoms with Crippen LogP contribution in [0.4, 0.5) is 5.69 Å². The summed E-state index contributed by atoms with van der Waals surface area (Å²) in [7, 11) is 0. The van der Waals surface area contributed by atoms with Crippen LogP contribution >= 0.6 is 0 Å². The highest BCUT2D eigenvalue weighted by molar-refractivity contribution is 5.92. The monoisotopic (exact) mass is 261 g/mol. The lowest BCUT2D eigenvalue weighted by Gasteiger charge is -2.02. The molecule has 0 amide bonds. The molecule has 7 nitrogen and oxygen atoms in total. The summed E-state index contributed by atoms with van der Waals surface area (Å²) < 4.78 is 6.33. The van der Waals surface area contributed by atoms with Crippen LogP contribution in [0.5, 0.6) is 0 Å². The summed E-state index contributed by atoms with van der Waals surface area (Å²) in [5, 5.41) is 4.11. The first-order valence-corrected chi connectivity index (χ1v) is 5.86. The molecule has 0 fully saturated rings. The second-order valence-electron chi connectivity index (χ2n) is 4.01. The molecule has 0 aromatic carbocycles. The Bertz CT molecular complexity index is 600. The zero-order valence-electron chi connectivity index (χ0n) is 11.0. The first-order valence-electron chi connectivity index (χ1n) is 5.86. The van der Waals surface area contributed by atoms with E-state index in [1.165, 1.54) is 10.9 Å². The van der Waals surface area contributed by atoms with E-state index < -0.39 is 5.97 Å². The quantitative estimate of drug-likeness (QED) is 0.829. The van der Waals surface area contributed by atoms with Crippen molar-refractivity contribution in [1.82, 2.24) is 19.7 Å². The molecule has 0 atom stereocenters. The van der Waals surface area contributed by atoms with Crippen LogP contribution in [0.25, 0.3) is 5.82 Å². The normalized spacial score (nSPS) is 10.5. The average Bonchev–Trinajstić information content (AvgIpc) is 2.70. The third kappa shape index (κ3) is 2.70. The number of carbonyl (C=O) groups is 1. The van der Waals surface area contributed by atoms with Gasteiger partial charge in [-0.15, -0.1) is 0 Å². The van der Waals surface area contributed by atoms with E-state index >= 15 is 0 Å². The number of esters is 1. The largest absolute Gasteiger partial charge is 0.461 e. The minimum Gasteiger partial charge on any atom is -0.461 e. The second kappa shape index (κ2) is 5.05. The lowest BCUT2D eigenvalue weighted by Crippen LogP contribution is -2.09. The standard InChI is InChI=1S/C12H15N5O2/c1-4-19-12(18)11-9(13)6-17(16-11)10-5-7(2)14-8(3)15-10/h5-6H,4,13H2,1-3H3. The van der Waals surface area contributed by atoms with Crippen LogP contribution in [0.3, 0.4) is 0 Å². The van der Waals surface area contributed by atoms with E-state index in [4.69, 9.17) is 10.5 Å².